The van der Waals surface area contributed by atoms with Gasteiger partial charge in [0.2, 0.25) is 0 Å². The van der Waals surface area contributed by atoms with Crippen LogP contribution in [0.2, 0.25) is 0 Å². The predicted molar refractivity (Wildman–Crippen MR) is 117 cm³/mol. The Labute approximate surface area is 183 Å². The maximum absolute atomic E-state index is 9.47. The van der Waals surface area contributed by atoms with Gasteiger partial charge in [-0.15, -0.1) is 0 Å². The van der Waals surface area contributed by atoms with E-state index in [-0.39, 0.29) is 12.4 Å². The molecule has 0 aliphatic rings. The van der Waals surface area contributed by atoms with E-state index in [0.717, 1.165) is 12.8 Å². The van der Waals surface area contributed by atoms with Crippen molar-refractivity contribution < 1.29 is 27.6 Å². The molecule has 3 nitrogen and oxygen atoms in total. The van der Waals surface area contributed by atoms with Crippen LogP contribution in [0.3, 0.4) is 0 Å². The highest BCUT2D eigenvalue weighted by Crippen LogP contribution is 2.15. The molecule has 0 aliphatic heterocycles. The van der Waals surface area contributed by atoms with Gasteiger partial charge in [-0.2, -0.15) is 10.4 Å². The first kappa shape index (κ1) is 30.4. The fraction of sp³-hybridized carbons (Fsp3) is 1.00. The van der Waals surface area contributed by atoms with Crippen LogP contribution in [0, 0.1) is 0 Å². The van der Waals surface area contributed by atoms with Gasteiger partial charge in [-0.3, -0.25) is 0 Å². The zero-order valence-corrected chi connectivity index (χ0v) is 20.0. The van der Waals surface area contributed by atoms with Crippen LogP contribution in [-0.2, 0) is 0 Å². The summed E-state index contributed by atoms with van der Waals surface area (Å²) in [5.74, 6) is 0. The summed E-state index contributed by atoms with van der Waals surface area (Å²) in [6.07, 6.45) is 27.4. The van der Waals surface area contributed by atoms with Crippen LogP contribution in [0.1, 0.15) is 142 Å². The molecule has 0 aromatic heterocycles. The van der Waals surface area contributed by atoms with Gasteiger partial charge in [0, 0.05) is 6.42 Å². The highest BCUT2D eigenvalue weighted by atomic mass is 35.5. The van der Waals surface area contributed by atoms with Crippen molar-refractivity contribution in [2.45, 2.75) is 142 Å². The van der Waals surface area contributed by atoms with E-state index >= 15 is 0 Å². The van der Waals surface area contributed by atoms with Crippen molar-refractivity contribution >= 4 is 0 Å². The first-order valence-electron chi connectivity index (χ1n) is 12.4. The van der Waals surface area contributed by atoms with Crippen molar-refractivity contribution in [1.82, 2.24) is 0 Å². The van der Waals surface area contributed by atoms with Gasteiger partial charge in [-0.1, -0.05) is 122 Å². The van der Waals surface area contributed by atoms with Gasteiger partial charge >= 0.3 is 0 Å². The predicted octanol–water partition coefficient (Wildman–Crippen LogP) is 5.43. The average molecular weight is 422 g/mol. The summed E-state index contributed by atoms with van der Waals surface area (Å²) in [7, 11) is 0. The molecule has 0 heterocycles. The zero-order chi connectivity index (χ0) is 20.1. The Morgan fingerprint density at radius 2 is 0.679 bits per heavy atom. The second-order valence-corrected chi connectivity index (χ2v) is 8.64. The van der Waals surface area contributed by atoms with Gasteiger partial charge < -0.3 is 12.4 Å². The summed E-state index contributed by atoms with van der Waals surface area (Å²) in [6.45, 7) is 4.93. The molecule has 0 rings (SSSR count). The minimum absolute atomic E-state index is 0. The molecule has 172 valence electrons. The Balaban J connectivity index is 0. The van der Waals surface area contributed by atoms with Gasteiger partial charge in [0.05, 0.1) is 0 Å². The lowest BCUT2D eigenvalue weighted by Crippen LogP contribution is -3.00. The minimum Gasteiger partial charge on any atom is -1.00 e. The standard InChI is InChI=1S/C24H52NO2.ClH/c1-3-5-6-7-8-9-10-11-12-13-14-15-16-17-18-19-20-21-22-23-24-25(26,27)4-2;/h26-27H,3-24H2,1-2H3;1H/q+1;/p-1. The molecule has 0 unspecified atom stereocenters. The van der Waals surface area contributed by atoms with Crippen LogP contribution >= 0.6 is 0 Å². The zero-order valence-electron chi connectivity index (χ0n) is 19.3. The van der Waals surface area contributed by atoms with Gasteiger partial charge in [-0.25, -0.2) is 0 Å². The SMILES string of the molecule is CCCCCCCCCCCCCCCCCCCCCC[N+](O)(O)CC.[Cl-]. The highest BCUT2D eigenvalue weighted by Gasteiger charge is 2.17. The van der Waals surface area contributed by atoms with Crippen molar-refractivity contribution in [2.24, 2.45) is 0 Å². The number of unbranched alkanes of at least 4 members (excludes halogenated alkanes) is 19. The van der Waals surface area contributed by atoms with E-state index in [2.05, 4.69) is 6.92 Å². The van der Waals surface area contributed by atoms with Crippen molar-refractivity contribution in [1.29, 1.82) is 0 Å². The van der Waals surface area contributed by atoms with Gasteiger partial charge in [0.15, 0.2) is 0 Å². The second-order valence-electron chi connectivity index (χ2n) is 8.64. The quantitative estimate of drug-likeness (QED) is 0.139. The maximum Gasteiger partial charge on any atom is 0.142 e. The number of hydroxylamine groups is 4. The van der Waals surface area contributed by atoms with E-state index in [1.807, 2.05) is 0 Å². The first-order valence-corrected chi connectivity index (χ1v) is 12.4. The molecule has 2 N–H and O–H groups in total. The van der Waals surface area contributed by atoms with Gasteiger partial charge in [0.25, 0.3) is 0 Å². The number of nitrogens with zero attached hydrogens (tertiary/aromatic N) is 1. The summed E-state index contributed by atoms with van der Waals surface area (Å²) >= 11 is 0. The molecule has 0 radical (unpaired) electrons. The molecule has 0 spiro atoms. The van der Waals surface area contributed by atoms with Crippen molar-refractivity contribution in [3.05, 3.63) is 0 Å². The Bertz CT molecular complexity index is 288. The molecular weight excluding hydrogens is 370 g/mol. The molecule has 0 atom stereocenters. The topological polar surface area (TPSA) is 40.5 Å². The molecule has 0 aromatic rings. The lowest BCUT2D eigenvalue weighted by Gasteiger charge is -2.18. The third-order valence-electron chi connectivity index (χ3n) is 5.88. The number of quaternary nitrogens is 1. The Kier molecular flexibility index (Phi) is 25.4. The fourth-order valence-electron chi connectivity index (χ4n) is 3.78. The normalized spacial score (nSPS) is 11.6. The second kappa shape index (κ2) is 23.4. The monoisotopic (exact) mass is 421 g/mol. The number of rotatable bonds is 22. The first-order chi connectivity index (χ1) is 13.1. The third-order valence-corrected chi connectivity index (χ3v) is 5.88. The van der Waals surface area contributed by atoms with E-state index in [1.54, 1.807) is 6.92 Å². The minimum atomic E-state index is -0.807. The molecule has 0 fully saturated rings. The fourth-order valence-corrected chi connectivity index (χ4v) is 3.78. The van der Waals surface area contributed by atoms with Crippen molar-refractivity contribution in [3.8, 4) is 0 Å². The van der Waals surface area contributed by atoms with Crippen molar-refractivity contribution in [2.75, 3.05) is 13.1 Å². The summed E-state index contributed by atoms with van der Waals surface area (Å²) in [5, 5.41) is 18.9. The summed E-state index contributed by atoms with van der Waals surface area (Å²) in [5.41, 5.74) is 0. The van der Waals surface area contributed by atoms with Gasteiger partial charge in [-0.05, 0) is 18.2 Å². The molecule has 0 bridgehead atoms. The van der Waals surface area contributed by atoms with Crippen LogP contribution < -0.4 is 12.4 Å². The molecule has 0 aromatic carbocycles. The Morgan fingerprint density at radius 1 is 0.429 bits per heavy atom. The smallest absolute Gasteiger partial charge is 0.142 e. The largest absolute Gasteiger partial charge is 1.00 e. The van der Waals surface area contributed by atoms with E-state index in [4.69, 9.17) is 0 Å². The lowest BCUT2D eigenvalue weighted by atomic mass is 10.0. The molecule has 28 heavy (non-hydrogen) atoms. The maximum atomic E-state index is 9.47. The molecule has 4 heteroatoms. The van der Waals surface area contributed by atoms with E-state index in [0.29, 0.717) is 13.1 Å². The number of halogens is 1. The Morgan fingerprint density at radius 3 is 0.929 bits per heavy atom. The summed E-state index contributed by atoms with van der Waals surface area (Å²) in [6, 6.07) is 0. The third kappa shape index (κ3) is 24.2. The lowest BCUT2D eigenvalue weighted by molar-refractivity contribution is -1.24. The number of hydrogen-bond acceptors (Lipinski definition) is 2. The molecule has 0 saturated heterocycles. The van der Waals surface area contributed by atoms with Crippen LogP contribution in [0.25, 0.3) is 0 Å². The summed E-state index contributed by atoms with van der Waals surface area (Å²) in [4.78, 5) is -0.807. The molecule has 0 aliphatic carbocycles. The molecule has 0 amide bonds. The van der Waals surface area contributed by atoms with Crippen LogP contribution in [0.4, 0.5) is 0 Å². The molecule has 0 saturated carbocycles. The summed E-state index contributed by atoms with van der Waals surface area (Å²) < 4.78 is 0. The number of hydrogen-bond donors (Lipinski definition) is 2. The average Bonchev–Trinajstić information content (AvgIpc) is 2.66. The van der Waals surface area contributed by atoms with Crippen LogP contribution in [-0.4, -0.2) is 28.3 Å². The van der Waals surface area contributed by atoms with E-state index < -0.39 is 4.81 Å². The molecular formula is C24H52ClNO2. The van der Waals surface area contributed by atoms with Gasteiger partial charge in [0.1, 0.15) is 13.1 Å². The highest BCUT2D eigenvalue weighted by molar-refractivity contribution is 4.50. The van der Waals surface area contributed by atoms with Crippen LogP contribution in [0.5, 0.6) is 0 Å². The van der Waals surface area contributed by atoms with Crippen LogP contribution in [0.15, 0.2) is 0 Å². The van der Waals surface area contributed by atoms with E-state index in [9.17, 15) is 10.4 Å². The van der Waals surface area contributed by atoms with Crippen molar-refractivity contribution in [3.63, 3.8) is 0 Å². The van der Waals surface area contributed by atoms with E-state index in [1.165, 1.54) is 116 Å². The Hall–Kier alpha value is 0.170.